The molecule has 0 spiro atoms. The lowest BCUT2D eigenvalue weighted by atomic mass is 9.87. The van der Waals surface area contributed by atoms with Crippen molar-refractivity contribution >= 4 is 0 Å². The molecule has 0 saturated carbocycles. The highest BCUT2D eigenvalue weighted by Crippen LogP contribution is 2.35. The Balaban J connectivity index is 1.72. The summed E-state index contributed by atoms with van der Waals surface area (Å²) in [5, 5.41) is 10.5. The molecule has 0 aromatic heterocycles. The van der Waals surface area contributed by atoms with E-state index in [2.05, 4.69) is 31.2 Å². The maximum Gasteiger partial charge on any atom is 0.0831 e. The summed E-state index contributed by atoms with van der Waals surface area (Å²) in [5.74, 6) is 0.156. The molecule has 1 aliphatic rings. The third kappa shape index (κ3) is 3.17. The van der Waals surface area contributed by atoms with Gasteiger partial charge in [-0.25, -0.2) is 0 Å². The van der Waals surface area contributed by atoms with Crippen molar-refractivity contribution in [2.45, 2.75) is 32.0 Å². The van der Waals surface area contributed by atoms with Crippen LogP contribution in [0.5, 0.6) is 0 Å². The van der Waals surface area contributed by atoms with E-state index in [0.717, 1.165) is 25.0 Å². The Morgan fingerprint density at radius 1 is 1.10 bits per heavy atom. The van der Waals surface area contributed by atoms with Crippen molar-refractivity contribution < 1.29 is 9.84 Å². The van der Waals surface area contributed by atoms with Crippen molar-refractivity contribution in [3.05, 3.63) is 71.3 Å². The molecule has 2 aromatic carbocycles. The molecule has 0 radical (unpaired) electrons. The first-order valence-electron chi connectivity index (χ1n) is 7.68. The monoisotopic (exact) mass is 282 g/mol. The summed E-state index contributed by atoms with van der Waals surface area (Å²) in [6.45, 7) is 2.87. The highest BCUT2D eigenvalue weighted by Gasteiger charge is 2.25. The molecule has 0 saturated heterocycles. The van der Waals surface area contributed by atoms with Crippen LogP contribution in [0.15, 0.2) is 54.6 Å². The minimum absolute atomic E-state index is 0.100. The molecule has 110 valence electrons. The minimum Gasteiger partial charge on any atom is -0.388 e. The van der Waals surface area contributed by atoms with Gasteiger partial charge in [-0.15, -0.1) is 0 Å². The largest absolute Gasteiger partial charge is 0.388 e. The van der Waals surface area contributed by atoms with E-state index in [0.29, 0.717) is 0 Å². The lowest BCUT2D eigenvalue weighted by Gasteiger charge is -2.30. The van der Waals surface area contributed by atoms with Gasteiger partial charge in [-0.2, -0.15) is 0 Å². The summed E-state index contributed by atoms with van der Waals surface area (Å²) in [4.78, 5) is 0. The maximum atomic E-state index is 10.5. The summed E-state index contributed by atoms with van der Waals surface area (Å²) >= 11 is 0. The van der Waals surface area contributed by atoms with Crippen LogP contribution in [0.1, 0.15) is 42.2 Å². The summed E-state index contributed by atoms with van der Waals surface area (Å²) in [6.07, 6.45) is 1.49. The van der Waals surface area contributed by atoms with Crippen LogP contribution in [0.25, 0.3) is 0 Å². The van der Waals surface area contributed by atoms with Crippen LogP contribution in [-0.4, -0.2) is 11.7 Å². The normalized spacial score (nSPS) is 20.6. The molecule has 2 heteroatoms. The van der Waals surface area contributed by atoms with Gasteiger partial charge in [0.15, 0.2) is 0 Å². The Bertz CT molecular complexity index is 579. The maximum absolute atomic E-state index is 10.5. The van der Waals surface area contributed by atoms with E-state index in [1.54, 1.807) is 0 Å². The lowest BCUT2D eigenvalue weighted by molar-refractivity contribution is 0.00538. The average molecular weight is 282 g/mol. The summed E-state index contributed by atoms with van der Waals surface area (Å²) < 4.78 is 5.95. The molecule has 21 heavy (non-hydrogen) atoms. The van der Waals surface area contributed by atoms with E-state index in [-0.39, 0.29) is 12.0 Å². The van der Waals surface area contributed by atoms with Crippen LogP contribution < -0.4 is 0 Å². The first kappa shape index (κ1) is 14.3. The fraction of sp³-hybridized carbons (Fsp3) is 0.368. The average Bonchev–Trinajstić information content (AvgIpc) is 2.55. The highest BCUT2D eigenvalue weighted by atomic mass is 16.5. The third-order valence-electron chi connectivity index (χ3n) is 4.36. The van der Waals surface area contributed by atoms with Gasteiger partial charge in [0.2, 0.25) is 0 Å². The molecule has 3 atom stereocenters. The molecule has 0 fully saturated rings. The Labute approximate surface area is 126 Å². The topological polar surface area (TPSA) is 29.5 Å². The number of ether oxygens (including phenoxy) is 1. The van der Waals surface area contributed by atoms with Crippen LogP contribution >= 0.6 is 0 Å². The van der Waals surface area contributed by atoms with E-state index >= 15 is 0 Å². The number of hydrogen-bond acceptors (Lipinski definition) is 2. The number of rotatable bonds is 4. The third-order valence-corrected chi connectivity index (χ3v) is 4.36. The van der Waals surface area contributed by atoms with Crippen LogP contribution in [-0.2, 0) is 11.2 Å². The number of aliphatic hydroxyl groups excluding tert-OH is 1. The lowest BCUT2D eigenvalue weighted by Crippen LogP contribution is -2.20. The van der Waals surface area contributed by atoms with E-state index < -0.39 is 6.10 Å². The van der Waals surface area contributed by atoms with Crippen molar-refractivity contribution in [3.63, 3.8) is 0 Å². The second-order valence-corrected chi connectivity index (χ2v) is 5.88. The second-order valence-electron chi connectivity index (χ2n) is 5.88. The van der Waals surface area contributed by atoms with Crippen molar-refractivity contribution in [1.29, 1.82) is 0 Å². The molecule has 2 aromatic rings. The van der Waals surface area contributed by atoms with Gasteiger partial charge in [0.1, 0.15) is 0 Å². The molecule has 0 aliphatic carbocycles. The molecular formula is C19H22O2. The molecular weight excluding hydrogens is 260 g/mol. The van der Waals surface area contributed by atoms with Crippen LogP contribution in [0.4, 0.5) is 0 Å². The SMILES string of the molecule is CC(CC1OCCc2ccccc21)C(O)c1ccccc1. The zero-order valence-electron chi connectivity index (χ0n) is 12.4. The summed E-state index contributed by atoms with van der Waals surface area (Å²) in [7, 11) is 0. The van der Waals surface area contributed by atoms with Gasteiger partial charge in [-0.3, -0.25) is 0 Å². The first-order valence-corrected chi connectivity index (χ1v) is 7.68. The smallest absolute Gasteiger partial charge is 0.0831 e. The molecule has 3 rings (SSSR count). The standard InChI is InChI=1S/C19H22O2/c1-14(19(20)16-8-3-2-4-9-16)13-18-17-10-6-5-7-15(17)11-12-21-18/h2-10,14,18-20H,11-13H2,1H3. The zero-order valence-corrected chi connectivity index (χ0v) is 12.4. The zero-order chi connectivity index (χ0) is 14.7. The van der Waals surface area contributed by atoms with E-state index in [1.165, 1.54) is 11.1 Å². The summed E-state index contributed by atoms with van der Waals surface area (Å²) in [5.41, 5.74) is 3.65. The number of aliphatic hydroxyl groups is 1. The second kappa shape index (κ2) is 6.42. The fourth-order valence-corrected chi connectivity index (χ4v) is 3.12. The quantitative estimate of drug-likeness (QED) is 0.916. The predicted octanol–water partition coefficient (Wildman–Crippen LogP) is 4.06. The predicted molar refractivity (Wildman–Crippen MR) is 84.0 cm³/mol. The molecule has 1 N–H and O–H groups in total. The van der Waals surface area contributed by atoms with Crippen LogP contribution in [0.2, 0.25) is 0 Å². The van der Waals surface area contributed by atoms with Crippen molar-refractivity contribution in [2.75, 3.05) is 6.61 Å². The van der Waals surface area contributed by atoms with Gasteiger partial charge in [0.25, 0.3) is 0 Å². The Kier molecular flexibility index (Phi) is 4.37. The van der Waals surface area contributed by atoms with E-state index in [4.69, 9.17) is 4.74 Å². The number of benzene rings is 2. The molecule has 0 bridgehead atoms. The Morgan fingerprint density at radius 2 is 1.81 bits per heavy atom. The van der Waals surface area contributed by atoms with Crippen LogP contribution in [0, 0.1) is 5.92 Å². The summed E-state index contributed by atoms with van der Waals surface area (Å²) in [6, 6.07) is 18.4. The van der Waals surface area contributed by atoms with Gasteiger partial charge < -0.3 is 9.84 Å². The molecule has 0 amide bonds. The molecule has 1 aliphatic heterocycles. The fourth-order valence-electron chi connectivity index (χ4n) is 3.12. The van der Waals surface area contributed by atoms with E-state index in [1.807, 2.05) is 30.3 Å². The number of fused-ring (bicyclic) bond motifs is 1. The highest BCUT2D eigenvalue weighted by molar-refractivity contribution is 5.31. The Morgan fingerprint density at radius 3 is 2.62 bits per heavy atom. The van der Waals surface area contributed by atoms with Gasteiger partial charge in [-0.1, -0.05) is 61.5 Å². The van der Waals surface area contributed by atoms with Gasteiger partial charge >= 0.3 is 0 Å². The van der Waals surface area contributed by atoms with Crippen LogP contribution in [0.3, 0.4) is 0 Å². The molecule has 2 nitrogen and oxygen atoms in total. The van der Waals surface area contributed by atoms with Gasteiger partial charge in [0.05, 0.1) is 18.8 Å². The van der Waals surface area contributed by atoms with Gasteiger partial charge in [-0.05, 0) is 35.4 Å². The van der Waals surface area contributed by atoms with Crippen molar-refractivity contribution in [1.82, 2.24) is 0 Å². The van der Waals surface area contributed by atoms with Crippen molar-refractivity contribution in [2.24, 2.45) is 5.92 Å². The van der Waals surface area contributed by atoms with Gasteiger partial charge in [0, 0.05) is 0 Å². The van der Waals surface area contributed by atoms with Crippen molar-refractivity contribution in [3.8, 4) is 0 Å². The first-order chi connectivity index (χ1) is 10.3. The number of hydrogen-bond donors (Lipinski definition) is 1. The molecule has 1 heterocycles. The Hall–Kier alpha value is -1.64. The molecule has 3 unspecified atom stereocenters. The van der Waals surface area contributed by atoms with E-state index in [9.17, 15) is 5.11 Å². The minimum atomic E-state index is -0.441.